The molecule has 2 aromatic carbocycles. The lowest BCUT2D eigenvalue weighted by Crippen LogP contribution is -2.24. The predicted molar refractivity (Wildman–Crippen MR) is 147 cm³/mol. The number of pyridine rings is 1. The number of nitrogens with zero attached hydrogens (tertiary/aromatic N) is 4. The lowest BCUT2D eigenvalue weighted by molar-refractivity contribution is 0.0828. The average Bonchev–Trinajstić information content (AvgIpc) is 3.49. The molecule has 0 fully saturated rings. The number of fused-ring (bicyclic) bond motifs is 1. The highest BCUT2D eigenvalue weighted by molar-refractivity contribution is 6.09. The number of hydrogen-bond donors (Lipinski definition) is 2. The summed E-state index contributed by atoms with van der Waals surface area (Å²) in [5.41, 5.74) is 6.22. The number of aromatic amines is 1. The van der Waals surface area contributed by atoms with Crippen LogP contribution in [0, 0.1) is 6.92 Å². The normalized spacial score (nSPS) is 11.0. The lowest BCUT2D eigenvalue weighted by Gasteiger charge is -2.16. The molecule has 2 N–H and O–H groups in total. The summed E-state index contributed by atoms with van der Waals surface area (Å²) in [5, 5.41) is 8.05. The Balaban J connectivity index is 1.57. The molecule has 192 valence electrons. The Bertz CT molecular complexity index is 1680. The third-order valence-electron chi connectivity index (χ3n) is 6.40. The highest BCUT2D eigenvalue weighted by Crippen LogP contribution is 2.36. The van der Waals surface area contributed by atoms with Crippen molar-refractivity contribution in [2.24, 2.45) is 7.05 Å². The van der Waals surface area contributed by atoms with E-state index < -0.39 is 0 Å². The number of anilines is 1. The number of ether oxygens (including phenoxy) is 1. The van der Waals surface area contributed by atoms with E-state index in [0.717, 1.165) is 44.7 Å². The molecule has 3 heterocycles. The Morgan fingerprint density at radius 1 is 1.03 bits per heavy atom. The molecule has 0 aliphatic heterocycles. The molecule has 0 unspecified atom stereocenters. The number of amides is 2. The molecule has 0 radical (unpaired) electrons. The van der Waals surface area contributed by atoms with Crippen molar-refractivity contribution in [3.05, 3.63) is 83.9 Å². The number of nitrogens with one attached hydrogen (secondary N) is 2. The molecule has 0 saturated carbocycles. The van der Waals surface area contributed by atoms with Crippen molar-refractivity contribution in [2.45, 2.75) is 6.92 Å². The number of methoxy groups -OCH3 is 1. The van der Waals surface area contributed by atoms with Gasteiger partial charge >= 0.3 is 0 Å². The number of aryl methyl sites for hydroxylation is 2. The minimum absolute atomic E-state index is 0.228. The summed E-state index contributed by atoms with van der Waals surface area (Å²) in [5.74, 6) is 0.195. The van der Waals surface area contributed by atoms with Gasteiger partial charge in [0.15, 0.2) is 0 Å². The molecule has 3 aromatic heterocycles. The Morgan fingerprint density at radius 3 is 2.53 bits per heavy atom. The van der Waals surface area contributed by atoms with Gasteiger partial charge in [0.05, 0.1) is 24.1 Å². The first kappa shape index (κ1) is 24.8. The second-order valence-electron chi connectivity index (χ2n) is 9.23. The number of para-hydroxylation sites is 1. The number of rotatable bonds is 6. The summed E-state index contributed by atoms with van der Waals surface area (Å²) in [6, 6.07) is 17.0. The highest BCUT2D eigenvalue weighted by Gasteiger charge is 2.20. The zero-order valence-electron chi connectivity index (χ0n) is 21.9. The molecular weight excluding hydrogens is 480 g/mol. The van der Waals surface area contributed by atoms with Crippen LogP contribution in [0.2, 0.25) is 0 Å². The fourth-order valence-electron chi connectivity index (χ4n) is 4.51. The Kier molecular flexibility index (Phi) is 6.42. The molecule has 38 heavy (non-hydrogen) atoms. The Hall–Kier alpha value is -4.92. The van der Waals surface area contributed by atoms with E-state index in [1.165, 1.54) is 9.58 Å². The molecule has 0 spiro atoms. The number of benzene rings is 2. The first-order valence-electron chi connectivity index (χ1n) is 12.1. The summed E-state index contributed by atoms with van der Waals surface area (Å²) in [4.78, 5) is 35.4. The van der Waals surface area contributed by atoms with Gasteiger partial charge in [-0.3, -0.25) is 14.3 Å². The lowest BCUT2D eigenvalue weighted by atomic mass is 9.99. The number of carbonyl (C=O) groups excluding carboxylic acids is 2. The molecule has 5 rings (SSSR count). The van der Waals surface area contributed by atoms with E-state index in [2.05, 4.69) is 20.4 Å². The van der Waals surface area contributed by atoms with Crippen molar-refractivity contribution >= 4 is 28.5 Å². The molecule has 0 bridgehead atoms. The molecule has 0 atom stereocenters. The van der Waals surface area contributed by atoms with Crippen molar-refractivity contribution in [1.29, 1.82) is 0 Å². The molecule has 5 aromatic rings. The van der Waals surface area contributed by atoms with Crippen LogP contribution in [0.25, 0.3) is 33.3 Å². The number of hydrogen-bond acceptors (Lipinski definition) is 5. The zero-order chi connectivity index (χ0) is 27.0. The van der Waals surface area contributed by atoms with Crippen LogP contribution in [-0.4, -0.2) is 57.7 Å². The van der Waals surface area contributed by atoms with Gasteiger partial charge < -0.3 is 19.9 Å². The largest absolute Gasteiger partial charge is 0.496 e. The summed E-state index contributed by atoms with van der Waals surface area (Å²) in [6.07, 6.45) is 3.68. The fourth-order valence-corrected chi connectivity index (χ4v) is 4.51. The maximum atomic E-state index is 13.1. The molecule has 9 heteroatoms. The van der Waals surface area contributed by atoms with Crippen molar-refractivity contribution in [2.75, 3.05) is 26.5 Å². The van der Waals surface area contributed by atoms with Crippen LogP contribution >= 0.6 is 0 Å². The summed E-state index contributed by atoms with van der Waals surface area (Å²) in [7, 11) is 6.72. The maximum Gasteiger partial charge on any atom is 0.273 e. The van der Waals surface area contributed by atoms with Gasteiger partial charge in [0.2, 0.25) is 0 Å². The number of H-pyrrole nitrogens is 1. The molecule has 0 aliphatic rings. The second-order valence-corrected chi connectivity index (χ2v) is 9.23. The van der Waals surface area contributed by atoms with Gasteiger partial charge in [0, 0.05) is 55.6 Å². The van der Waals surface area contributed by atoms with E-state index in [0.29, 0.717) is 16.9 Å². The van der Waals surface area contributed by atoms with Gasteiger partial charge in [-0.25, -0.2) is 4.98 Å². The van der Waals surface area contributed by atoms with Gasteiger partial charge in [0.25, 0.3) is 11.8 Å². The van der Waals surface area contributed by atoms with Crippen molar-refractivity contribution < 1.29 is 14.3 Å². The third-order valence-corrected chi connectivity index (χ3v) is 6.40. The van der Waals surface area contributed by atoms with E-state index >= 15 is 0 Å². The van der Waals surface area contributed by atoms with Crippen LogP contribution in [0.4, 0.5) is 5.69 Å². The van der Waals surface area contributed by atoms with Gasteiger partial charge in [-0.1, -0.05) is 24.3 Å². The Morgan fingerprint density at radius 2 is 1.82 bits per heavy atom. The maximum absolute atomic E-state index is 13.1. The van der Waals surface area contributed by atoms with Gasteiger partial charge in [-0.05, 0) is 42.8 Å². The third kappa shape index (κ3) is 4.50. The quantitative estimate of drug-likeness (QED) is 0.339. The summed E-state index contributed by atoms with van der Waals surface area (Å²) in [6.45, 7) is 1.82. The highest BCUT2D eigenvalue weighted by atomic mass is 16.5. The van der Waals surface area contributed by atoms with E-state index in [9.17, 15) is 9.59 Å². The van der Waals surface area contributed by atoms with Crippen LogP contribution in [0.15, 0.2) is 67.0 Å². The minimum atomic E-state index is -0.342. The molecule has 0 aliphatic carbocycles. The van der Waals surface area contributed by atoms with E-state index in [1.807, 2.05) is 49.5 Å². The monoisotopic (exact) mass is 508 g/mol. The van der Waals surface area contributed by atoms with Crippen LogP contribution in [0.3, 0.4) is 0 Å². The molecular formula is C29H28N6O3. The van der Waals surface area contributed by atoms with E-state index in [-0.39, 0.29) is 11.8 Å². The second kappa shape index (κ2) is 9.85. The summed E-state index contributed by atoms with van der Waals surface area (Å²) >= 11 is 0. The van der Waals surface area contributed by atoms with Crippen LogP contribution in [0.1, 0.15) is 26.5 Å². The Labute approximate surface area is 220 Å². The van der Waals surface area contributed by atoms with Crippen molar-refractivity contribution in [3.8, 4) is 28.0 Å². The van der Waals surface area contributed by atoms with Crippen molar-refractivity contribution in [3.63, 3.8) is 0 Å². The van der Waals surface area contributed by atoms with Gasteiger partial charge in [-0.2, -0.15) is 5.10 Å². The first-order chi connectivity index (χ1) is 18.3. The van der Waals surface area contributed by atoms with E-state index in [4.69, 9.17) is 4.74 Å². The van der Waals surface area contributed by atoms with Crippen molar-refractivity contribution in [1.82, 2.24) is 24.6 Å². The molecule has 2 amide bonds. The smallest absolute Gasteiger partial charge is 0.273 e. The topological polar surface area (TPSA) is 105 Å². The number of carbonyl (C=O) groups is 2. The van der Waals surface area contributed by atoms with Crippen LogP contribution in [0.5, 0.6) is 5.75 Å². The van der Waals surface area contributed by atoms with Gasteiger partial charge in [-0.15, -0.1) is 0 Å². The van der Waals surface area contributed by atoms with E-state index in [1.54, 1.807) is 52.6 Å². The van der Waals surface area contributed by atoms with Crippen LogP contribution < -0.4 is 10.1 Å². The standard InChI is InChI=1S/C29H28N6O3/c1-17-12-25(35(4)33-17)28(36)32-24-11-10-18(13-22(24)29(37)34(2)3)19-14-21-23(16-31-27(21)30-15-19)20-8-6-7-9-26(20)38-5/h6-16H,1-5H3,(H,30,31)(H,32,36). The van der Waals surface area contributed by atoms with Gasteiger partial charge in [0.1, 0.15) is 17.1 Å². The predicted octanol–water partition coefficient (Wildman–Crippen LogP) is 4.90. The summed E-state index contributed by atoms with van der Waals surface area (Å²) < 4.78 is 7.08. The number of aromatic nitrogens is 4. The average molecular weight is 509 g/mol. The van der Waals surface area contributed by atoms with Crippen LogP contribution in [-0.2, 0) is 7.05 Å². The minimum Gasteiger partial charge on any atom is -0.496 e. The first-order valence-corrected chi connectivity index (χ1v) is 12.1. The zero-order valence-corrected chi connectivity index (χ0v) is 21.9. The molecule has 9 nitrogen and oxygen atoms in total. The molecule has 0 saturated heterocycles. The fraction of sp³-hybridized carbons (Fsp3) is 0.172. The SMILES string of the molecule is COc1ccccc1-c1c[nH]c2ncc(-c3ccc(NC(=O)c4cc(C)nn4C)c(C(=O)N(C)C)c3)cc12.